The van der Waals surface area contributed by atoms with Gasteiger partial charge in [0.25, 0.3) is 0 Å². The van der Waals surface area contributed by atoms with Gasteiger partial charge in [-0.1, -0.05) is 24.6 Å². The van der Waals surface area contributed by atoms with Gasteiger partial charge in [0.15, 0.2) is 0 Å². The molecule has 2 rings (SSSR count). The quantitative estimate of drug-likeness (QED) is 0.865. The number of hydrogen-bond donors (Lipinski definition) is 1. The summed E-state index contributed by atoms with van der Waals surface area (Å²) in [5, 5.41) is 7.72. The first-order valence-corrected chi connectivity index (χ1v) is 6.59. The maximum atomic E-state index is 5.41. The van der Waals surface area contributed by atoms with Crippen LogP contribution in [0.4, 0.5) is 0 Å². The molecule has 0 fully saturated rings. The summed E-state index contributed by atoms with van der Waals surface area (Å²) in [4.78, 5) is 0. The molecule has 1 aromatic heterocycles. The van der Waals surface area contributed by atoms with Crippen LogP contribution in [-0.2, 0) is 13.1 Å². The van der Waals surface area contributed by atoms with Gasteiger partial charge in [-0.05, 0) is 25.6 Å². The smallest absolute Gasteiger partial charge is 0.123 e. The minimum atomic E-state index is 0.735. The molecule has 0 atom stereocenters. The van der Waals surface area contributed by atoms with Gasteiger partial charge in [0.05, 0.1) is 19.3 Å². The summed E-state index contributed by atoms with van der Waals surface area (Å²) in [5.41, 5.74) is 3.57. The highest BCUT2D eigenvalue weighted by atomic mass is 16.5. The molecule has 0 amide bonds. The van der Waals surface area contributed by atoms with Crippen molar-refractivity contribution in [2.75, 3.05) is 13.7 Å². The van der Waals surface area contributed by atoms with Crippen LogP contribution in [0, 0.1) is 6.92 Å². The molecule has 0 spiro atoms. The van der Waals surface area contributed by atoms with Crippen LogP contribution in [0.3, 0.4) is 0 Å². The first-order valence-electron chi connectivity index (χ1n) is 6.59. The lowest BCUT2D eigenvalue weighted by atomic mass is 10.1. The van der Waals surface area contributed by atoms with Gasteiger partial charge in [0.2, 0.25) is 0 Å². The molecule has 1 heterocycles. The predicted molar refractivity (Wildman–Crippen MR) is 76.4 cm³/mol. The van der Waals surface area contributed by atoms with Crippen LogP contribution in [-0.4, -0.2) is 23.4 Å². The molecule has 2 aromatic rings. The zero-order chi connectivity index (χ0) is 13.7. The average Bonchev–Trinajstić information content (AvgIpc) is 2.84. The topological polar surface area (TPSA) is 39.1 Å². The van der Waals surface area contributed by atoms with Gasteiger partial charge in [0, 0.05) is 18.3 Å². The van der Waals surface area contributed by atoms with Crippen LogP contribution in [0.1, 0.15) is 23.7 Å². The van der Waals surface area contributed by atoms with Crippen molar-refractivity contribution in [3.8, 4) is 5.75 Å². The Morgan fingerprint density at radius 1 is 1.32 bits per heavy atom. The molecular weight excluding hydrogens is 238 g/mol. The summed E-state index contributed by atoms with van der Waals surface area (Å²) in [7, 11) is 1.71. The Kier molecular flexibility index (Phi) is 4.58. The summed E-state index contributed by atoms with van der Waals surface area (Å²) >= 11 is 0. The largest absolute Gasteiger partial charge is 0.496 e. The number of methoxy groups -OCH3 is 1. The lowest BCUT2D eigenvalue weighted by molar-refractivity contribution is 0.406. The number of nitrogens with one attached hydrogen (secondary N) is 1. The lowest BCUT2D eigenvalue weighted by Crippen LogP contribution is -2.16. The number of aromatic nitrogens is 2. The van der Waals surface area contributed by atoms with Gasteiger partial charge in [0.1, 0.15) is 5.75 Å². The van der Waals surface area contributed by atoms with Crippen molar-refractivity contribution in [1.82, 2.24) is 15.1 Å². The number of nitrogens with zero attached hydrogens (tertiary/aromatic N) is 2. The van der Waals surface area contributed by atoms with Crippen LogP contribution in [0.5, 0.6) is 5.75 Å². The van der Waals surface area contributed by atoms with Crippen LogP contribution in [0.15, 0.2) is 30.5 Å². The summed E-state index contributed by atoms with van der Waals surface area (Å²) in [6.07, 6.45) is 1.84. The Bertz CT molecular complexity index is 534. The lowest BCUT2D eigenvalue weighted by Gasteiger charge is -2.12. The fourth-order valence-electron chi connectivity index (χ4n) is 2.10. The van der Waals surface area contributed by atoms with E-state index in [9.17, 15) is 0 Å². The highest BCUT2D eigenvalue weighted by Crippen LogP contribution is 2.21. The van der Waals surface area contributed by atoms with Gasteiger partial charge in [-0.2, -0.15) is 5.10 Å². The molecule has 102 valence electrons. The SMILES string of the molecule is CCNCc1ccnn1Cc1cc(C)ccc1OC. The Hall–Kier alpha value is -1.81. The van der Waals surface area contributed by atoms with E-state index < -0.39 is 0 Å². The van der Waals surface area contributed by atoms with Crippen LogP contribution in [0.2, 0.25) is 0 Å². The second-order valence-electron chi connectivity index (χ2n) is 4.58. The third-order valence-corrected chi connectivity index (χ3v) is 3.12. The standard InChI is InChI=1S/C15H21N3O/c1-4-16-10-14-7-8-17-18(14)11-13-9-12(2)5-6-15(13)19-3/h5-9,16H,4,10-11H2,1-3H3. The molecule has 0 aliphatic carbocycles. The third-order valence-electron chi connectivity index (χ3n) is 3.12. The van der Waals surface area contributed by atoms with Crippen molar-refractivity contribution in [2.45, 2.75) is 26.9 Å². The Balaban J connectivity index is 2.21. The van der Waals surface area contributed by atoms with Gasteiger partial charge in [-0.3, -0.25) is 4.68 Å². The zero-order valence-corrected chi connectivity index (χ0v) is 11.8. The molecule has 1 aromatic carbocycles. The molecule has 4 nitrogen and oxygen atoms in total. The van der Waals surface area contributed by atoms with Gasteiger partial charge < -0.3 is 10.1 Å². The molecule has 19 heavy (non-hydrogen) atoms. The molecular formula is C15H21N3O. The molecule has 1 N–H and O–H groups in total. The second kappa shape index (κ2) is 6.38. The van der Waals surface area contributed by atoms with Crippen molar-refractivity contribution < 1.29 is 4.74 Å². The van der Waals surface area contributed by atoms with E-state index in [0.29, 0.717) is 0 Å². The van der Waals surface area contributed by atoms with Crippen molar-refractivity contribution in [1.29, 1.82) is 0 Å². The maximum Gasteiger partial charge on any atom is 0.123 e. The van der Waals surface area contributed by atoms with Gasteiger partial charge in [-0.15, -0.1) is 0 Å². The minimum Gasteiger partial charge on any atom is -0.496 e. The predicted octanol–water partition coefficient (Wildman–Crippen LogP) is 2.36. The highest BCUT2D eigenvalue weighted by Gasteiger charge is 2.07. The Labute approximate surface area is 114 Å². The Morgan fingerprint density at radius 2 is 2.16 bits per heavy atom. The summed E-state index contributed by atoms with van der Waals surface area (Å²) in [6, 6.07) is 8.27. The number of aryl methyl sites for hydroxylation is 1. The van der Waals surface area contributed by atoms with Gasteiger partial charge in [-0.25, -0.2) is 0 Å². The van der Waals surface area contributed by atoms with Crippen LogP contribution in [0.25, 0.3) is 0 Å². The van der Waals surface area contributed by atoms with E-state index in [2.05, 4.69) is 36.4 Å². The molecule has 0 radical (unpaired) electrons. The van der Waals surface area contributed by atoms with E-state index in [1.54, 1.807) is 7.11 Å². The van der Waals surface area contributed by atoms with E-state index in [0.717, 1.165) is 30.9 Å². The van der Waals surface area contributed by atoms with E-state index >= 15 is 0 Å². The van der Waals surface area contributed by atoms with E-state index in [1.165, 1.54) is 11.3 Å². The average molecular weight is 259 g/mol. The number of ether oxygens (including phenoxy) is 1. The van der Waals surface area contributed by atoms with Crippen molar-refractivity contribution >= 4 is 0 Å². The normalized spacial score (nSPS) is 10.7. The zero-order valence-electron chi connectivity index (χ0n) is 11.8. The van der Waals surface area contributed by atoms with Crippen molar-refractivity contribution in [3.05, 3.63) is 47.3 Å². The fraction of sp³-hybridized carbons (Fsp3) is 0.400. The third kappa shape index (κ3) is 3.35. The summed E-state index contributed by atoms with van der Waals surface area (Å²) in [6.45, 7) is 6.72. The molecule has 0 unspecified atom stereocenters. The maximum absolute atomic E-state index is 5.41. The van der Waals surface area contributed by atoms with E-state index in [4.69, 9.17) is 4.74 Å². The van der Waals surface area contributed by atoms with E-state index in [1.807, 2.05) is 23.0 Å². The molecule has 0 bridgehead atoms. The first-order chi connectivity index (χ1) is 9.24. The minimum absolute atomic E-state index is 0.735. The summed E-state index contributed by atoms with van der Waals surface area (Å²) in [5.74, 6) is 0.913. The molecule has 0 aliphatic heterocycles. The summed E-state index contributed by atoms with van der Waals surface area (Å²) < 4.78 is 7.43. The number of benzene rings is 1. The number of rotatable bonds is 6. The van der Waals surface area contributed by atoms with Crippen molar-refractivity contribution in [3.63, 3.8) is 0 Å². The molecule has 4 heteroatoms. The second-order valence-corrected chi connectivity index (χ2v) is 4.58. The molecule has 0 saturated heterocycles. The molecule has 0 aliphatic rings. The first kappa shape index (κ1) is 13.6. The number of hydrogen-bond acceptors (Lipinski definition) is 3. The van der Waals surface area contributed by atoms with Crippen molar-refractivity contribution in [2.24, 2.45) is 0 Å². The Morgan fingerprint density at radius 3 is 2.89 bits per heavy atom. The van der Waals surface area contributed by atoms with Crippen LogP contribution < -0.4 is 10.1 Å². The fourth-order valence-corrected chi connectivity index (χ4v) is 2.10. The van der Waals surface area contributed by atoms with Gasteiger partial charge >= 0.3 is 0 Å². The molecule has 0 saturated carbocycles. The van der Waals surface area contributed by atoms with Crippen LogP contribution >= 0.6 is 0 Å². The van der Waals surface area contributed by atoms with E-state index in [-0.39, 0.29) is 0 Å². The monoisotopic (exact) mass is 259 g/mol. The highest BCUT2D eigenvalue weighted by molar-refractivity contribution is 5.37.